The Kier molecular flexibility index (Phi) is 13.4. The molecule has 1 aliphatic rings. The third-order valence-corrected chi connectivity index (χ3v) is 7.83. The van der Waals surface area contributed by atoms with Crippen LogP contribution >= 0.6 is 0 Å². The summed E-state index contributed by atoms with van der Waals surface area (Å²) in [5.41, 5.74) is 2.96. The van der Waals surface area contributed by atoms with Gasteiger partial charge in [0.2, 0.25) is 23.6 Å². The number of anilines is 2. The van der Waals surface area contributed by atoms with E-state index in [1.807, 2.05) is 52.0 Å². The lowest BCUT2D eigenvalue weighted by Gasteiger charge is -2.27. The molecule has 0 unspecified atom stereocenters. The van der Waals surface area contributed by atoms with Gasteiger partial charge in [-0.3, -0.25) is 19.2 Å². The Hall–Kier alpha value is -4.41. The summed E-state index contributed by atoms with van der Waals surface area (Å²) in [4.78, 5) is 65.5. The highest BCUT2D eigenvalue weighted by Crippen LogP contribution is 2.16. The number of para-hydroxylation sites is 1. The molecule has 0 bridgehead atoms. The average Bonchev–Trinajstić information content (AvgIpc) is 3.23. The molecule has 0 spiro atoms. The molecule has 3 atom stereocenters. The van der Waals surface area contributed by atoms with E-state index in [9.17, 15) is 24.0 Å². The van der Waals surface area contributed by atoms with Gasteiger partial charge in [-0.25, -0.2) is 4.79 Å². The van der Waals surface area contributed by atoms with Crippen LogP contribution in [0.15, 0.2) is 48.5 Å². The van der Waals surface area contributed by atoms with Crippen LogP contribution in [0, 0.1) is 12.8 Å². The van der Waals surface area contributed by atoms with Crippen molar-refractivity contribution in [2.45, 2.75) is 91.3 Å². The van der Waals surface area contributed by atoms with Crippen molar-refractivity contribution in [3.05, 3.63) is 59.7 Å². The van der Waals surface area contributed by atoms with Gasteiger partial charge in [0.1, 0.15) is 12.1 Å². The van der Waals surface area contributed by atoms with E-state index in [0.717, 1.165) is 36.1 Å². The average molecular weight is 621 g/mol. The molecule has 0 radical (unpaired) electrons. The van der Waals surface area contributed by atoms with Crippen molar-refractivity contribution >= 4 is 41.0 Å². The van der Waals surface area contributed by atoms with E-state index in [1.165, 1.54) is 6.92 Å². The Balaban J connectivity index is 1.54. The maximum absolute atomic E-state index is 13.3. The fourth-order valence-electron chi connectivity index (χ4n) is 5.31. The zero-order valence-corrected chi connectivity index (χ0v) is 27.1. The van der Waals surface area contributed by atoms with Gasteiger partial charge in [-0.05, 0) is 74.3 Å². The first-order valence-electron chi connectivity index (χ1n) is 15.8. The van der Waals surface area contributed by atoms with E-state index in [2.05, 4.69) is 26.6 Å². The van der Waals surface area contributed by atoms with Gasteiger partial charge in [-0.1, -0.05) is 51.1 Å². The standard InChI is InChI=1S/C34H48N6O5/c1-6-28(32(43)35-27-12-9-10-18-40(21-27)24(5)41)38-33(44)30(19-22(2)3)37-31(42)20-25-14-16-26(17-15-25)36-34(45)39-29-13-8-7-11-23(29)4/h7-8,11,13-17,22,27-28,30H,6,9-10,12,18-21H2,1-5H3,(H,35,43)(H,37,42)(H,38,44)(H2,36,39,45)/t27-,28-,30-/m0/s1. The summed E-state index contributed by atoms with van der Waals surface area (Å²) < 4.78 is 0. The number of aryl methyl sites for hydroxylation is 1. The van der Waals surface area contributed by atoms with Gasteiger partial charge in [0.15, 0.2) is 0 Å². The van der Waals surface area contributed by atoms with Gasteiger partial charge in [-0.2, -0.15) is 0 Å². The Morgan fingerprint density at radius 2 is 1.60 bits per heavy atom. The lowest BCUT2D eigenvalue weighted by molar-refractivity contribution is -0.133. The molecule has 45 heavy (non-hydrogen) atoms. The van der Waals surface area contributed by atoms with Crippen LogP contribution in [0.1, 0.15) is 70.9 Å². The van der Waals surface area contributed by atoms with Crippen molar-refractivity contribution in [1.82, 2.24) is 20.9 Å². The maximum Gasteiger partial charge on any atom is 0.323 e. The van der Waals surface area contributed by atoms with Gasteiger partial charge in [0.05, 0.1) is 6.42 Å². The highest BCUT2D eigenvalue weighted by Gasteiger charge is 2.29. The minimum Gasteiger partial charge on any atom is -0.350 e. The highest BCUT2D eigenvalue weighted by atomic mass is 16.2. The molecular formula is C34H48N6O5. The molecule has 6 amide bonds. The highest BCUT2D eigenvalue weighted by molar-refractivity contribution is 6.00. The van der Waals surface area contributed by atoms with E-state index in [0.29, 0.717) is 31.6 Å². The summed E-state index contributed by atoms with van der Waals surface area (Å²) in [6.45, 7) is 10.3. The number of benzene rings is 2. The Morgan fingerprint density at radius 3 is 2.24 bits per heavy atom. The number of nitrogens with one attached hydrogen (secondary N) is 5. The first kappa shape index (κ1) is 35.1. The molecule has 244 valence electrons. The number of likely N-dealkylation sites (tertiary alicyclic amines) is 1. The lowest BCUT2D eigenvalue weighted by Crippen LogP contribution is -2.56. The number of carbonyl (C=O) groups is 5. The van der Waals surface area contributed by atoms with Gasteiger partial charge in [-0.15, -0.1) is 0 Å². The first-order valence-corrected chi connectivity index (χ1v) is 15.8. The Labute approximate surface area is 266 Å². The summed E-state index contributed by atoms with van der Waals surface area (Å²) in [5.74, 6) is -0.928. The zero-order valence-electron chi connectivity index (χ0n) is 27.1. The fourth-order valence-corrected chi connectivity index (χ4v) is 5.31. The predicted molar refractivity (Wildman–Crippen MR) is 176 cm³/mol. The second kappa shape index (κ2) is 17.2. The van der Waals surface area contributed by atoms with E-state index in [-0.39, 0.29) is 42.1 Å². The van der Waals surface area contributed by atoms with E-state index in [4.69, 9.17) is 0 Å². The van der Waals surface area contributed by atoms with Crippen molar-refractivity contribution in [2.24, 2.45) is 5.92 Å². The molecule has 2 aromatic rings. The quantitative estimate of drug-likeness (QED) is 0.242. The number of hydrogen-bond donors (Lipinski definition) is 5. The van der Waals surface area contributed by atoms with Gasteiger partial charge in [0.25, 0.3) is 0 Å². The number of nitrogens with zero attached hydrogens (tertiary/aromatic N) is 1. The van der Waals surface area contributed by atoms with Crippen molar-refractivity contribution in [2.75, 3.05) is 23.7 Å². The number of rotatable bonds is 12. The molecule has 2 aromatic carbocycles. The Bertz CT molecular complexity index is 1330. The number of amides is 6. The zero-order chi connectivity index (χ0) is 32.9. The summed E-state index contributed by atoms with van der Waals surface area (Å²) in [5, 5.41) is 14.3. The van der Waals surface area contributed by atoms with Crippen LogP contribution in [-0.2, 0) is 25.6 Å². The summed E-state index contributed by atoms with van der Waals surface area (Å²) in [6.07, 6.45) is 3.40. The van der Waals surface area contributed by atoms with Gasteiger partial charge >= 0.3 is 6.03 Å². The minimum atomic E-state index is -0.809. The van der Waals surface area contributed by atoms with Crippen molar-refractivity contribution in [1.29, 1.82) is 0 Å². The van der Waals surface area contributed by atoms with Crippen molar-refractivity contribution in [3.63, 3.8) is 0 Å². The smallest absolute Gasteiger partial charge is 0.323 e. The van der Waals surface area contributed by atoms with E-state index < -0.39 is 18.0 Å². The number of carbonyl (C=O) groups excluding carboxylic acids is 5. The molecule has 11 heteroatoms. The second-order valence-electron chi connectivity index (χ2n) is 12.2. The molecule has 1 heterocycles. The fraction of sp³-hybridized carbons (Fsp3) is 0.500. The number of urea groups is 1. The molecular weight excluding hydrogens is 572 g/mol. The largest absolute Gasteiger partial charge is 0.350 e. The normalized spacial score (nSPS) is 16.1. The molecule has 3 rings (SSSR count). The molecule has 0 aromatic heterocycles. The van der Waals surface area contributed by atoms with Crippen LogP contribution in [0.2, 0.25) is 0 Å². The minimum absolute atomic E-state index is 0.0160. The van der Waals surface area contributed by atoms with Gasteiger partial charge < -0.3 is 31.5 Å². The summed E-state index contributed by atoms with van der Waals surface area (Å²) >= 11 is 0. The van der Waals surface area contributed by atoms with Crippen LogP contribution < -0.4 is 26.6 Å². The lowest BCUT2D eigenvalue weighted by atomic mass is 10.0. The Morgan fingerprint density at radius 1 is 0.889 bits per heavy atom. The van der Waals surface area contributed by atoms with E-state index in [1.54, 1.807) is 29.2 Å². The molecule has 0 saturated carbocycles. The first-order chi connectivity index (χ1) is 21.4. The molecule has 0 aliphatic carbocycles. The second-order valence-corrected chi connectivity index (χ2v) is 12.2. The van der Waals surface area contributed by atoms with Crippen molar-refractivity contribution < 1.29 is 24.0 Å². The SMILES string of the molecule is CC[C@H](NC(=O)[C@H](CC(C)C)NC(=O)Cc1ccc(NC(=O)Nc2ccccc2C)cc1)C(=O)N[C@H]1CCCCN(C(C)=O)C1. The van der Waals surface area contributed by atoms with Crippen LogP contribution in [0.4, 0.5) is 16.2 Å². The monoisotopic (exact) mass is 620 g/mol. The third-order valence-electron chi connectivity index (χ3n) is 7.83. The molecule has 1 saturated heterocycles. The third kappa shape index (κ3) is 11.6. The summed E-state index contributed by atoms with van der Waals surface area (Å²) in [6, 6.07) is 12.3. The van der Waals surface area contributed by atoms with Crippen LogP contribution in [0.5, 0.6) is 0 Å². The van der Waals surface area contributed by atoms with Gasteiger partial charge in [0, 0.05) is 37.4 Å². The molecule has 1 fully saturated rings. The predicted octanol–water partition coefficient (Wildman–Crippen LogP) is 4.12. The number of hydrogen-bond acceptors (Lipinski definition) is 5. The van der Waals surface area contributed by atoms with Crippen LogP contribution in [0.3, 0.4) is 0 Å². The van der Waals surface area contributed by atoms with Crippen LogP contribution in [0.25, 0.3) is 0 Å². The molecule has 5 N–H and O–H groups in total. The molecule has 11 nitrogen and oxygen atoms in total. The molecule has 1 aliphatic heterocycles. The van der Waals surface area contributed by atoms with Crippen LogP contribution in [-0.4, -0.2) is 65.8 Å². The van der Waals surface area contributed by atoms with E-state index >= 15 is 0 Å². The maximum atomic E-state index is 13.3. The topological polar surface area (TPSA) is 149 Å². The summed E-state index contributed by atoms with van der Waals surface area (Å²) in [7, 11) is 0. The van der Waals surface area contributed by atoms with Crippen molar-refractivity contribution in [3.8, 4) is 0 Å².